The Hall–Kier alpha value is -0.490. The number of hydrogen-bond acceptors (Lipinski definition) is 2. The van der Waals surface area contributed by atoms with E-state index in [-0.39, 0.29) is 18.5 Å². The summed E-state index contributed by atoms with van der Waals surface area (Å²) in [5.74, 6) is 0.0226. The van der Waals surface area contributed by atoms with Crippen molar-refractivity contribution in [1.29, 1.82) is 0 Å². The normalized spacial score (nSPS) is 10.5. The topological polar surface area (TPSA) is 41.1 Å². The van der Waals surface area contributed by atoms with Crippen LogP contribution in [0.25, 0.3) is 0 Å². The first-order chi connectivity index (χ1) is 8.56. The number of amides is 1. The average molecular weight is 381 g/mol. The van der Waals surface area contributed by atoms with E-state index in [9.17, 15) is 4.79 Å². The Bertz CT molecular complexity index is 408. The van der Waals surface area contributed by atoms with E-state index in [4.69, 9.17) is 11.6 Å². The van der Waals surface area contributed by atoms with Crippen molar-refractivity contribution < 1.29 is 4.79 Å². The third-order valence-corrected chi connectivity index (χ3v) is 3.85. The summed E-state index contributed by atoms with van der Waals surface area (Å²) in [7, 11) is 0. The molecule has 1 amide bonds. The number of rotatable bonds is 6. The summed E-state index contributed by atoms with van der Waals surface area (Å²) >= 11 is 8.07. The Morgan fingerprint density at radius 3 is 2.61 bits per heavy atom. The zero-order valence-electron chi connectivity index (χ0n) is 10.6. The molecule has 0 saturated carbocycles. The van der Waals surface area contributed by atoms with Crippen molar-refractivity contribution >= 4 is 45.8 Å². The van der Waals surface area contributed by atoms with Crippen LogP contribution in [-0.2, 0) is 4.79 Å². The van der Waals surface area contributed by atoms with Gasteiger partial charge in [0.05, 0.1) is 6.54 Å². The van der Waals surface area contributed by atoms with Crippen LogP contribution in [0.4, 0.5) is 5.69 Å². The molecule has 1 rings (SSSR count). The number of carbonyl (C=O) groups excluding carboxylic acids is 1. The lowest BCUT2D eigenvalue weighted by Crippen LogP contribution is -2.37. The highest BCUT2D eigenvalue weighted by Gasteiger charge is 2.08. The number of halogens is 2. The zero-order chi connectivity index (χ0) is 13.5. The first-order valence-electron chi connectivity index (χ1n) is 6.05. The van der Waals surface area contributed by atoms with Crippen LogP contribution in [0.1, 0.15) is 26.7 Å². The Morgan fingerprint density at radius 2 is 2.06 bits per heavy atom. The highest BCUT2D eigenvalue weighted by atomic mass is 127. The molecule has 0 spiro atoms. The van der Waals surface area contributed by atoms with Crippen molar-refractivity contribution in [3.8, 4) is 0 Å². The van der Waals surface area contributed by atoms with E-state index in [0.29, 0.717) is 5.02 Å². The van der Waals surface area contributed by atoms with Crippen LogP contribution in [0.5, 0.6) is 0 Å². The molecule has 0 atom stereocenters. The second kappa shape index (κ2) is 7.84. The summed E-state index contributed by atoms with van der Waals surface area (Å²) in [5.41, 5.74) is 0.930. The molecule has 0 unspecified atom stereocenters. The molecule has 1 aromatic carbocycles. The fourth-order valence-electron chi connectivity index (χ4n) is 1.58. The summed E-state index contributed by atoms with van der Waals surface area (Å²) in [6, 6.07) is 5.83. The van der Waals surface area contributed by atoms with Gasteiger partial charge in [0.25, 0.3) is 0 Å². The maximum atomic E-state index is 11.7. The van der Waals surface area contributed by atoms with Crippen molar-refractivity contribution in [3.63, 3.8) is 0 Å². The molecule has 2 N–H and O–H groups in total. The Labute approximate surface area is 127 Å². The lowest BCUT2D eigenvalue weighted by atomic mass is 10.2. The molecule has 0 aromatic heterocycles. The van der Waals surface area contributed by atoms with Gasteiger partial charge in [-0.3, -0.25) is 4.79 Å². The molecule has 0 heterocycles. The van der Waals surface area contributed by atoms with Gasteiger partial charge in [-0.25, -0.2) is 0 Å². The minimum absolute atomic E-state index is 0.0226. The van der Waals surface area contributed by atoms with Crippen LogP contribution in [0, 0.1) is 3.57 Å². The van der Waals surface area contributed by atoms with Gasteiger partial charge in [-0.1, -0.05) is 25.4 Å². The maximum absolute atomic E-state index is 11.7. The van der Waals surface area contributed by atoms with Crippen LogP contribution in [0.15, 0.2) is 18.2 Å². The Kier molecular flexibility index (Phi) is 6.78. The lowest BCUT2D eigenvalue weighted by Gasteiger charge is -2.15. The monoisotopic (exact) mass is 380 g/mol. The summed E-state index contributed by atoms with van der Waals surface area (Å²) < 4.78 is 1.01. The third-order valence-electron chi connectivity index (χ3n) is 2.72. The number of nitrogens with one attached hydrogen (secondary N) is 2. The molecule has 3 nitrogen and oxygen atoms in total. The summed E-state index contributed by atoms with van der Waals surface area (Å²) in [6.45, 7) is 4.43. The molecule has 0 aliphatic carbocycles. The standard InChI is InChI=1S/C13H18ClIN2O/c1-3-10(4-2)17-13(18)8-16-12-6-5-9(14)7-11(12)15/h5-7,10,16H,3-4,8H2,1-2H3,(H,17,18). The molecule has 5 heteroatoms. The number of carbonyl (C=O) groups is 1. The second-order valence-corrected chi connectivity index (χ2v) is 5.66. The van der Waals surface area contributed by atoms with Crippen LogP contribution < -0.4 is 10.6 Å². The van der Waals surface area contributed by atoms with Gasteiger partial charge in [0.1, 0.15) is 0 Å². The van der Waals surface area contributed by atoms with Gasteiger partial charge in [0.2, 0.25) is 5.91 Å². The molecule has 0 bridgehead atoms. The average Bonchev–Trinajstić information content (AvgIpc) is 2.35. The van der Waals surface area contributed by atoms with E-state index in [1.165, 1.54) is 0 Å². The summed E-state index contributed by atoms with van der Waals surface area (Å²) in [5, 5.41) is 6.80. The Morgan fingerprint density at radius 1 is 1.39 bits per heavy atom. The number of hydrogen-bond donors (Lipinski definition) is 2. The second-order valence-electron chi connectivity index (χ2n) is 4.06. The highest BCUT2D eigenvalue weighted by Crippen LogP contribution is 2.21. The van der Waals surface area contributed by atoms with E-state index in [0.717, 1.165) is 22.1 Å². The van der Waals surface area contributed by atoms with Crippen LogP contribution in [0.2, 0.25) is 5.02 Å². The molecule has 0 aliphatic rings. The summed E-state index contributed by atoms with van der Waals surface area (Å²) in [4.78, 5) is 11.7. The fraction of sp³-hybridized carbons (Fsp3) is 0.462. The first kappa shape index (κ1) is 15.6. The van der Waals surface area contributed by atoms with Crippen LogP contribution >= 0.6 is 34.2 Å². The van der Waals surface area contributed by atoms with E-state index in [2.05, 4.69) is 47.1 Å². The van der Waals surface area contributed by atoms with Gasteiger partial charge in [0.15, 0.2) is 0 Å². The molecule has 18 heavy (non-hydrogen) atoms. The van der Waals surface area contributed by atoms with Crippen molar-refractivity contribution in [2.45, 2.75) is 32.7 Å². The molecule has 1 aromatic rings. The smallest absolute Gasteiger partial charge is 0.239 e. The number of anilines is 1. The van der Waals surface area contributed by atoms with Crippen molar-refractivity contribution in [2.75, 3.05) is 11.9 Å². The quantitative estimate of drug-likeness (QED) is 0.740. The maximum Gasteiger partial charge on any atom is 0.239 e. The number of benzene rings is 1. The zero-order valence-corrected chi connectivity index (χ0v) is 13.5. The van der Waals surface area contributed by atoms with Gasteiger partial charge >= 0.3 is 0 Å². The summed E-state index contributed by atoms with van der Waals surface area (Å²) in [6.07, 6.45) is 1.92. The minimum atomic E-state index is 0.0226. The highest BCUT2D eigenvalue weighted by molar-refractivity contribution is 14.1. The predicted octanol–water partition coefficient (Wildman–Crippen LogP) is 3.66. The van der Waals surface area contributed by atoms with Gasteiger partial charge in [-0.2, -0.15) is 0 Å². The molecular weight excluding hydrogens is 363 g/mol. The fourth-order valence-corrected chi connectivity index (χ4v) is 2.64. The van der Waals surface area contributed by atoms with Crippen LogP contribution in [0.3, 0.4) is 0 Å². The van der Waals surface area contributed by atoms with Crippen molar-refractivity contribution in [2.24, 2.45) is 0 Å². The molecule has 0 fully saturated rings. The third kappa shape index (κ3) is 5.02. The van der Waals surface area contributed by atoms with Gasteiger partial charge in [-0.15, -0.1) is 0 Å². The molecule has 100 valence electrons. The predicted molar refractivity (Wildman–Crippen MR) is 85.2 cm³/mol. The molecular formula is C13H18ClIN2O. The minimum Gasteiger partial charge on any atom is -0.375 e. The molecule has 0 aliphatic heterocycles. The van der Waals surface area contributed by atoms with E-state index in [1.807, 2.05) is 18.2 Å². The first-order valence-corrected chi connectivity index (χ1v) is 7.50. The van der Waals surface area contributed by atoms with E-state index < -0.39 is 0 Å². The van der Waals surface area contributed by atoms with Gasteiger partial charge in [0, 0.05) is 20.3 Å². The van der Waals surface area contributed by atoms with Crippen molar-refractivity contribution in [3.05, 3.63) is 26.8 Å². The van der Waals surface area contributed by atoms with Gasteiger partial charge < -0.3 is 10.6 Å². The van der Waals surface area contributed by atoms with Crippen LogP contribution in [-0.4, -0.2) is 18.5 Å². The SMILES string of the molecule is CCC(CC)NC(=O)CNc1ccc(Cl)cc1I. The lowest BCUT2D eigenvalue weighted by molar-refractivity contribution is -0.120. The van der Waals surface area contributed by atoms with Gasteiger partial charge in [-0.05, 0) is 53.6 Å². The largest absolute Gasteiger partial charge is 0.375 e. The van der Waals surface area contributed by atoms with E-state index >= 15 is 0 Å². The molecule has 0 saturated heterocycles. The Balaban J connectivity index is 2.47. The molecule has 0 radical (unpaired) electrons. The van der Waals surface area contributed by atoms with Crippen molar-refractivity contribution in [1.82, 2.24) is 5.32 Å². The van der Waals surface area contributed by atoms with E-state index in [1.54, 1.807) is 0 Å².